The zero-order chi connectivity index (χ0) is 34.9. The first kappa shape index (κ1) is 42.0. The highest BCUT2D eigenvalue weighted by molar-refractivity contribution is 6.66. The van der Waals surface area contributed by atoms with Gasteiger partial charge < -0.3 is 38.1 Å². The molecular formula is C35H72N4O6Si2. The third kappa shape index (κ3) is 15.1. The number of nitrogens with zero attached hydrogens (tertiary/aromatic N) is 2. The smallest absolute Gasteiger partial charge is 0.355 e. The fraction of sp³-hybridized carbons (Fsp3) is 0.943. The van der Waals surface area contributed by atoms with Gasteiger partial charge in [-0.3, -0.25) is 0 Å². The molecule has 0 aromatic rings. The molecule has 2 aliphatic carbocycles. The maximum Gasteiger partial charge on any atom is 0.355 e. The van der Waals surface area contributed by atoms with Crippen LogP contribution in [0.4, 0.5) is 9.59 Å². The molecule has 0 aromatic heterocycles. The van der Waals surface area contributed by atoms with E-state index in [0.29, 0.717) is 57.8 Å². The van der Waals surface area contributed by atoms with Crippen LogP contribution in [0.15, 0.2) is 0 Å². The first-order valence-electron chi connectivity index (χ1n) is 19.0. The highest BCUT2D eigenvalue weighted by Gasteiger charge is 2.40. The van der Waals surface area contributed by atoms with Crippen LogP contribution in [-0.2, 0) is 17.7 Å². The van der Waals surface area contributed by atoms with E-state index in [0.717, 1.165) is 64.2 Å². The lowest BCUT2D eigenvalue weighted by molar-refractivity contribution is 0.132. The molecule has 12 heteroatoms. The first-order valence-corrected chi connectivity index (χ1v) is 24.0. The van der Waals surface area contributed by atoms with Crippen molar-refractivity contribution in [3.05, 3.63) is 0 Å². The summed E-state index contributed by atoms with van der Waals surface area (Å²) in [4.78, 5) is 31.4. The highest BCUT2D eigenvalue weighted by Crippen LogP contribution is 2.29. The average Bonchev–Trinajstić information content (AvgIpc) is 3.02. The van der Waals surface area contributed by atoms with E-state index >= 15 is 0 Å². The number of hydrogen-bond donors (Lipinski definition) is 2. The van der Waals surface area contributed by atoms with E-state index in [1.165, 1.54) is 12.8 Å². The van der Waals surface area contributed by atoms with Gasteiger partial charge in [-0.2, -0.15) is 0 Å². The molecule has 2 N–H and O–H groups in total. The third-order valence-corrected chi connectivity index (χ3v) is 15.2. The van der Waals surface area contributed by atoms with E-state index in [1.807, 2.05) is 37.5 Å². The van der Waals surface area contributed by atoms with Crippen molar-refractivity contribution in [1.29, 1.82) is 0 Å². The Morgan fingerprint density at radius 2 is 1.09 bits per heavy atom. The van der Waals surface area contributed by atoms with Gasteiger partial charge in [-0.25, -0.2) is 9.59 Å². The molecule has 0 aromatic carbocycles. The van der Waals surface area contributed by atoms with E-state index in [9.17, 15) is 9.59 Å². The summed E-state index contributed by atoms with van der Waals surface area (Å²) in [5.41, 5.74) is -0.0889. The number of urea groups is 2. The van der Waals surface area contributed by atoms with Gasteiger partial charge in [-0.15, -0.1) is 0 Å². The number of amides is 4. The summed E-state index contributed by atoms with van der Waals surface area (Å²) < 4.78 is 24.5. The summed E-state index contributed by atoms with van der Waals surface area (Å²) in [5.74, 6) is 0.387. The summed E-state index contributed by atoms with van der Waals surface area (Å²) in [5, 5.41) is 6.55. The van der Waals surface area contributed by atoms with Crippen LogP contribution in [0.25, 0.3) is 0 Å². The Bertz CT molecular complexity index is 889. The molecule has 0 spiro atoms. The second-order valence-corrected chi connectivity index (χ2v) is 21.3. The average molecular weight is 701 g/mol. The van der Waals surface area contributed by atoms with Crippen molar-refractivity contribution in [2.24, 2.45) is 11.3 Å². The van der Waals surface area contributed by atoms with Gasteiger partial charge in [-0.05, 0) is 90.6 Å². The molecule has 0 heterocycles. The van der Waals surface area contributed by atoms with Gasteiger partial charge in [0.1, 0.15) is 0 Å². The summed E-state index contributed by atoms with van der Waals surface area (Å²) in [6, 6.07) is 0.483. The van der Waals surface area contributed by atoms with Crippen molar-refractivity contribution >= 4 is 29.2 Å². The maximum absolute atomic E-state index is 13.7. The SMILES string of the molecule is CCO[Si](C)(CN(C(=O)NCCC(C)CC(C)(C)CNC(=O)N(C[Si](C)(OCC)OCC)C1CCCCC1)C1CCCCC1)OCC. The summed E-state index contributed by atoms with van der Waals surface area (Å²) in [7, 11) is -5.01. The molecule has 2 fully saturated rings. The molecule has 2 saturated carbocycles. The Labute approximate surface area is 290 Å². The van der Waals surface area contributed by atoms with Crippen LogP contribution >= 0.6 is 0 Å². The van der Waals surface area contributed by atoms with Crippen molar-refractivity contribution in [3.63, 3.8) is 0 Å². The molecule has 1 unspecified atom stereocenters. The van der Waals surface area contributed by atoms with Crippen molar-refractivity contribution < 1.29 is 27.3 Å². The maximum atomic E-state index is 13.7. The zero-order valence-electron chi connectivity index (χ0n) is 31.7. The largest absolute Gasteiger partial charge is 0.394 e. The molecule has 4 amide bonds. The predicted octanol–water partition coefficient (Wildman–Crippen LogP) is 7.49. The number of carbonyl (C=O) groups is 2. The van der Waals surface area contributed by atoms with Crippen LogP contribution < -0.4 is 10.6 Å². The molecule has 2 rings (SSSR count). The first-order chi connectivity index (χ1) is 22.3. The van der Waals surface area contributed by atoms with Gasteiger partial charge in [0.25, 0.3) is 0 Å². The second-order valence-electron chi connectivity index (χ2n) is 15.0. The molecule has 0 bridgehead atoms. The van der Waals surface area contributed by atoms with Crippen LogP contribution in [0, 0.1) is 11.3 Å². The van der Waals surface area contributed by atoms with Crippen LogP contribution in [0.1, 0.15) is 126 Å². The second kappa shape index (κ2) is 21.1. The van der Waals surface area contributed by atoms with E-state index in [4.69, 9.17) is 17.7 Å². The molecule has 1 atom stereocenters. The standard InChI is InChI=1S/C35H72N4O6Si2/c1-10-42-46(8,43-11-2)28-38(31-20-16-14-17-21-31)33(40)36-25-24-30(5)26-35(6,7)27-37-34(41)39(32-22-18-15-19-23-32)29-47(9,44-12-3)45-13-4/h30-32H,10-29H2,1-9H3,(H,36,40)(H,37,41). The van der Waals surface area contributed by atoms with Crippen LogP contribution in [-0.4, -0.2) is 103 Å². The van der Waals surface area contributed by atoms with Crippen LogP contribution in [0.5, 0.6) is 0 Å². The molecule has 10 nitrogen and oxygen atoms in total. The molecule has 2 aliphatic rings. The lowest BCUT2D eigenvalue weighted by atomic mass is 9.82. The monoisotopic (exact) mass is 700 g/mol. The Kier molecular flexibility index (Phi) is 18.9. The number of hydrogen-bond acceptors (Lipinski definition) is 6. The molecule has 276 valence electrons. The van der Waals surface area contributed by atoms with Crippen LogP contribution in [0.3, 0.4) is 0 Å². The van der Waals surface area contributed by atoms with Gasteiger partial charge in [0.15, 0.2) is 0 Å². The minimum absolute atomic E-state index is 0.000446. The molecule has 0 radical (unpaired) electrons. The van der Waals surface area contributed by atoms with E-state index in [1.54, 1.807) is 0 Å². The van der Waals surface area contributed by atoms with Crippen molar-refractivity contribution in [2.45, 2.75) is 151 Å². The van der Waals surface area contributed by atoms with Gasteiger partial charge in [0.2, 0.25) is 0 Å². The molecule has 0 saturated heterocycles. The van der Waals surface area contributed by atoms with Crippen LogP contribution in [0.2, 0.25) is 13.1 Å². The fourth-order valence-electron chi connectivity index (χ4n) is 7.69. The number of rotatable bonds is 21. The van der Waals surface area contributed by atoms with Crippen molar-refractivity contribution in [1.82, 2.24) is 20.4 Å². The summed E-state index contributed by atoms with van der Waals surface area (Å²) in [6.45, 7) is 22.5. The Hall–Kier alpha value is -1.19. The lowest BCUT2D eigenvalue weighted by Gasteiger charge is -2.39. The van der Waals surface area contributed by atoms with Gasteiger partial charge in [0, 0.05) is 51.6 Å². The van der Waals surface area contributed by atoms with Crippen molar-refractivity contribution in [2.75, 3.05) is 51.9 Å². The molecule has 47 heavy (non-hydrogen) atoms. The Balaban J connectivity index is 1.95. The predicted molar refractivity (Wildman–Crippen MR) is 196 cm³/mol. The Morgan fingerprint density at radius 1 is 0.702 bits per heavy atom. The molecular weight excluding hydrogens is 629 g/mol. The normalized spacial score (nSPS) is 17.7. The quantitative estimate of drug-likeness (QED) is 0.120. The minimum Gasteiger partial charge on any atom is -0.394 e. The summed E-state index contributed by atoms with van der Waals surface area (Å²) >= 11 is 0. The van der Waals surface area contributed by atoms with Crippen molar-refractivity contribution in [3.8, 4) is 0 Å². The third-order valence-electron chi connectivity index (χ3n) is 9.80. The van der Waals surface area contributed by atoms with E-state index in [2.05, 4.69) is 44.5 Å². The van der Waals surface area contributed by atoms with Gasteiger partial charge >= 0.3 is 29.2 Å². The minimum atomic E-state index is -2.51. The van der Waals surface area contributed by atoms with Gasteiger partial charge in [-0.1, -0.05) is 59.3 Å². The van der Waals surface area contributed by atoms with E-state index in [-0.39, 0.29) is 29.6 Å². The fourth-order valence-corrected chi connectivity index (χ4v) is 12.7. The number of carbonyl (C=O) groups excluding carboxylic acids is 2. The Morgan fingerprint density at radius 3 is 1.47 bits per heavy atom. The lowest BCUT2D eigenvalue weighted by Crippen LogP contribution is -2.58. The zero-order valence-corrected chi connectivity index (χ0v) is 33.7. The number of nitrogens with one attached hydrogen (secondary N) is 2. The van der Waals surface area contributed by atoms with E-state index < -0.39 is 17.1 Å². The highest BCUT2D eigenvalue weighted by atomic mass is 28.4. The summed E-state index contributed by atoms with van der Waals surface area (Å²) in [6.07, 6.45) is 14.2. The molecule has 0 aliphatic heterocycles. The topological polar surface area (TPSA) is 102 Å². The van der Waals surface area contributed by atoms with Gasteiger partial charge in [0.05, 0.1) is 12.3 Å².